The first-order valence-corrected chi connectivity index (χ1v) is 5.49. The minimum atomic E-state index is -0.399. The summed E-state index contributed by atoms with van der Waals surface area (Å²) in [4.78, 5) is 14.3. The van der Waals surface area contributed by atoms with Gasteiger partial charge in [-0.2, -0.15) is 5.10 Å². The van der Waals surface area contributed by atoms with Crippen LogP contribution < -0.4 is 5.32 Å². The molecule has 0 bridgehead atoms. The quantitative estimate of drug-likeness (QED) is 0.617. The summed E-state index contributed by atoms with van der Waals surface area (Å²) >= 11 is 0. The highest BCUT2D eigenvalue weighted by molar-refractivity contribution is 5.34. The van der Waals surface area contributed by atoms with E-state index in [-0.39, 0.29) is 11.7 Å². The maximum Gasteiger partial charge on any atom is 0.269 e. The Morgan fingerprint density at radius 2 is 2.39 bits per heavy atom. The normalized spacial score (nSPS) is 12.3. The van der Waals surface area contributed by atoms with Crippen molar-refractivity contribution in [1.29, 1.82) is 0 Å². The van der Waals surface area contributed by atoms with Crippen LogP contribution in [0.2, 0.25) is 0 Å². The number of hydrogen-bond donors (Lipinski definition) is 2. The van der Waals surface area contributed by atoms with Gasteiger partial charge in [-0.1, -0.05) is 12.1 Å². The van der Waals surface area contributed by atoms with E-state index in [0.29, 0.717) is 6.54 Å². The van der Waals surface area contributed by atoms with Crippen LogP contribution in [0.15, 0.2) is 30.6 Å². The molecule has 18 heavy (non-hydrogen) atoms. The maximum absolute atomic E-state index is 10.6. The number of hydrogen-bond acceptors (Lipinski definition) is 5. The molecule has 2 rings (SSSR count). The van der Waals surface area contributed by atoms with Gasteiger partial charge in [0, 0.05) is 18.7 Å². The summed E-state index contributed by atoms with van der Waals surface area (Å²) in [5, 5.41) is 20.4. The Kier molecular flexibility index (Phi) is 3.63. The molecule has 1 unspecified atom stereocenters. The third-order valence-electron chi connectivity index (χ3n) is 2.58. The van der Waals surface area contributed by atoms with Gasteiger partial charge in [-0.3, -0.25) is 15.2 Å². The SMILES string of the molecule is CC(NCc1cccc([N+](=O)[O-])c1)c1ncn[nH]1. The molecule has 0 aliphatic heterocycles. The lowest BCUT2D eigenvalue weighted by Crippen LogP contribution is -2.19. The molecule has 0 amide bonds. The van der Waals surface area contributed by atoms with Crippen LogP contribution in [0.25, 0.3) is 0 Å². The molecule has 94 valence electrons. The van der Waals surface area contributed by atoms with Crippen molar-refractivity contribution in [2.24, 2.45) is 0 Å². The molecule has 0 fully saturated rings. The van der Waals surface area contributed by atoms with Gasteiger partial charge in [0.25, 0.3) is 5.69 Å². The minimum Gasteiger partial charge on any atom is -0.303 e. The zero-order chi connectivity index (χ0) is 13.0. The Labute approximate surface area is 103 Å². The summed E-state index contributed by atoms with van der Waals surface area (Å²) in [6.07, 6.45) is 1.45. The van der Waals surface area contributed by atoms with Crippen LogP contribution in [0.5, 0.6) is 0 Å². The largest absolute Gasteiger partial charge is 0.303 e. The summed E-state index contributed by atoms with van der Waals surface area (Å²) in [5.41, 5.74) is 0.956. The molecule has 0 spiro atoms. The Hall–Kier alpha value is -2.28. The summed E-state index contributed by atoms with van der Waals surface area (Å²) < 4.78 is 0. The zero-order valence-corrected chi connectivity index (χ0v) is 9.83. The molecule has 1 aromatic heterocycles. The Bertz CT molecular complexity index is 526. The van der Waals surface area contributed by atoms with Gasteiger partial charge in [0.15, 0.2) is 0 Å². The zero-order valence-electron chi connectivity index (χ0n) is 9.83. The van der Waals surface area contributed by atoms with Crippen LogP contribution >= 0.6 is 0 Å². The van der Waals surface area contributed by atoms with E-state index in [2.05, 4.69) is 20.5 Å². The molecule has 2 aromatic rings. The van der Waals surface area contributed by atoms with Crippen molar-refractivity contribution in [3.8, 4) is 0 Å². The predicted octanol–water partition coefficient (Wildman–Crippen LogP) is 1.56. The molecule has 0 aliphatic carbocycles. The molecular formula is C11H13N5O2. The summed E-state index contributed by atoms with van der Waals surface area (Å²) in [6.45, 7) is 2.47. The Balaban J connectivity index is 1.98. The van der Waals surface area contributed by atoms with E-state index < -0.39 is 4.92 Å². The van der Waals surface area contributed by atoms with Crippen molar-refractivity contribution >= 4 is 5.69 Å². The number of nitro groups is 1. The molecule has 0 saturated heterocycles. The van der Waals surface area contributed by atoms with E-state index in [1.165, 1.54) is 12.4 Å². The van der Waals surface area contributed by atoms with E-state index in [1.54, 1.807) is 12.1 Å². The van der Waals surface area contributed by atoms with Crippen molar-refractivity contribution in [2.45, 2.75) is 19.5 Å². The molecule has 7 nitrogen and oxygen atoms in total. The number of aromatic nitrogens is 3. The molecule has 0 aliphatic rings. The molecule has 1 aromatic carbocycles. The lowest BCUT2D eigenvalue weighted by Gasteiger charge is -2.10. The van der Waals surface area contributed by atoms with E-state index in [9.17, 15) is 10.1 Å². The van der Waals surface area contributed by atoms with E-state index >= 15 is 0 Å². The van der Waals surface area contributed by atoms with E-state index in [0.717, 1.165) is 11.4 Å². The van der Waals surface area contributed by atoms with E-state index in [1.807, 2.05) is 13.0 Å². The smallest absolute Gasteiger partial charge is 0.269 e. The Morgan fingerprint density at radius 1 is 1.56 bits per heavy atom. The van der Waals surface area contributed by atoms with Crippen LogP contribution in [-0.4, -0.2) is 20.1 Å². The van der Waals surface area contributed by atoms with Crippen LogP contribution in [0.4, 0.5) is 5.69 Å². The lowest BCUT2D eigenvalue weighted by molar-refractivity contribution is -0.384. The molecule has 0 radical (unpaired) electrons. The molecule has 2 N–H and O–H groups in total. The van der Waals surface area contributed by atoms with Crippen molar-refractivity contribution in [3.05, 3.63) is 52.1 Å². The second-order valence-electron chi connectivity index (χ2n) is 3.90. The van der Waals surface area contributed by atoms with Gasteiger partial charge in [-0.15, -0.1) is 0 Å². The first-order valence-electron chi connectivity index (χ1n) is 5.49. The lowest BCUT2D eigenvalue weighted by atomic mass is 10.2. The third kappa shape index (κ3) is 2.89. The second-order valence-corrected chi connectivity index (χ2v) is 3.90. The highest BCUT2D eigenvalue weighted by Crippen LogP contribution is 2.14. The fourth-order valence-electron chi connectivity index (χ4n) is 1.57. The van der Waals surface area contributed by atoms with Crippen molar-refractivity contribution in [1.82, 2.24) is 20.5 Å². The summed E-state index contributed by atoms with van der Waals surface area (Å²) in [6, 6.07) is 6.55. The topological polar surface area (TPSA) is 96.7 Å². The predicted molar refractivity (Wildman–Crippen MR) is 64.7 cm³/mol. The van der Waals surface area contributed by atoms with Crippen LogP contribution in [-0.2, 0) is 6.54 Å². The van der Waals surface area contributed by atoms with Crippen LogP contribution in [0, 0.1) is 10.1 Å². The number of rotatable bonds is 5. The standard InChI is InChI=1S/C11H13N5O2/c1-8(11-13-7-14-15-11)12-6-9-3-2-4-10(5-9)16(17)18/h2-5,7-8,12H,6H2,1H3,(H,13,14,15). The first-order chi connectivity index (χ1) is 8.66. The average molecular weight is 247 g/mol. The summed E-state index contributed by atoms with van der Waals surface area (Å²) in [5.74, 6) is 0.737. The maximum atomic E-state index is 10.6. The van der Waals surface area contributed by atoms with Gasteiger partial charge in [0.1, 0.15) is 12.2 Å². The van der Waals surface area contributed by atoms with Gasteiger partial charge >= 0.3 is 0 Å². The van der Waals surface area contributed by atoms with Gasteiger partial charge < -0.3 is 5.32 Å². The third-order valence-corrected chi connectivity index (χ3v) is 2.58. The highest BCUT2D eigenvalue weighted by atomic mass is 16.6. The number of aromatic amines is 1. The summed E-state index contributed by atoms with van der Waals surface area (Å²) in [7, 11) is 0. The number of nitrogens with one attached hydrogen (secondary N) is 2. The highest BCUT2D eigenvalue weighted by Gasteiger charge is 2.09. The van der Waals surface area contributed by atoms with Gasteiger partial charge in [-0.05, 0) is 12.5 Å². The number of nitro benzene ring substituents is 1. The van der Waals surface area contributed by atoms with Crippen molar-refractivity contribution in [2.75, 3.05) is 0 Å². The van der Waals surface area contributed by atoms with Gasteiger partial charge in [0.05, 0.1) is 11.0 Å². The molecule has 0 saturated carbocycles. The fraction of sp³-hybridized carbons (Fsp3) is 0.273. The number of benzene rings is 1. The second kappa shape index (κ2) is 5.37. The van der Waals surface area contributed by atoms with Crippen molar-refractivity contribution < 1.29 is 4.92 Å². The monoisotopic (exact) mass is 247 g/mol. The number of non-ortho nitro benzene ring substituents is 1. The molecule has 7 heteroatoms. The van der Waals surface area contributed by atoms with Crippen LogP contribution in [0.3, 0.4) is 0 Å². The average Bonchev–Trinajstić information content (AvgIpc) is 2.90. The molecular weight excluding hydrogens is 234 g/mol. The van der Waals surface area contributed by atoms with Gasteiger partial charge in [0.2, 0.25) is 0 Å². The molecule has 1 atom stereocenters. The number of H-pyrrole nitrogens is 1. The van der Waals surface area contributed by atoms with Crippen molar-refractivity contribution in [3.63, 3.8) is 0 Å². The molecule has 1 heterocycles. The fourth-order valence-corrected chi connectivity index (χ4v) is 1.57. The minimum absolute atomic E-state index is 0.00626. The Morgan fingerprint density at radius 3 is 3.06 bits per heavy atom. The van der Waals surface area contributed by atoms with Gasteiger partial charge in [-0.25, -0.2) is 4.98 Å². The first kappa shape index (κ1) is 12.2. The number of nitrogens with zero attached hydrogens (tertiary/aromatic N) is 3. The van der Waals surface area contributed by atoms with E-state index in [4.69, 9.17) is 0 Å². The van der Waals surface area contributed by atoms with Crippen LogP contribution in [0.1, 0.15) is 24.4 Å².